The van der Waals surface area contributed by atoms with Crippen LogP contribution in [0.1, 0.15) is 23.5 Å². The first kappa shape index (κ1) is 11.2. The molecular weight excluding hydrogens is 220 g/mol. The summed E-state index contributed by atoms with van der Waals surface area (Å²) in [6.45, 7) is 1.58. The summed E-state index contributed by atoms with van der Waals surface area (Å²) < 4.78 is 1.44. The molecule has 0 aliphatic carbocycles. The first-order valence-electron chi connectivity index (χ1n) is 5.15. The average Bonchev–Trinajstić information content (AvgIpc) is 2.67. The van der Waals surface area contributed by atoms with E-state index in [0.29, 0.717) is 5.52 Å². The number of primary amides is 1. The predicted molar refractivity (Wildman–Crippen MR) is 62.8 cm³/mol. The Bertz CT molecular complexity index is 601. The minimum absolute atomic E-state index is 0.0671. The van der Waals surface area contributed by atoms with E-state index in [1.54, 1.807) is 25.1 Å². The lowest BCUT2D eigenvalue weighted by molar-refractivity contribution is -0.120. The van der Waals surface area contributed by atoms with Crippen molar-refractivity contribution < 1.29 is 14.7 Å². The normalized spacial score (nSPS) is 12.5. The molecule has 1 unspecified atom stereocenters. The summed E-state index contributed by atoms with van der Waals surface area (Å²) in [5.41, 5.74) is 5.99. The molecule has 0 aliphatic rings. The van der Waals surface area contributed by atoms with Crippen LogP contribution in [0.2, 0.25) is 0 Å². The average molecular weight is 232 g/mol. The van der Waals surface area contributed by atoms with Crippen molar-refractivity contribution in [2.75, 3.05) is 0 Å². The molecule has 2 aromatic rings. The lowest BCUT2D eigenvalue weighted by Crippen LogP contribution is -2.26. The molecule has 3 N–H and O–H groups in total. The van der Waals surface area contributed by atoms with Crippen molar-refractivity contribution >= 4 is 22.8 Å². The Hall–Kier alpha value is -2.30. The van der Waals surface area contributed by atoms with Crippen molar-refractivity contribution in [3.8, 4) is 0 Å². The number of aromatic nitrogens is 1. The van der Waals surface area contributed by atoms with Crippen LogP contribution in [-0.4, -0.2) is 21.6 Å². The molecule has 1 aromatic heterocycles. The van der Waals surface area contributed by atoms with Crippen molar-refractivity contribution in [1.82, 2.24) is 4.57 Å². The quantitative estimate of drug-likeness (QED) is 0.838. The number of hydrogen-bond donors (Lipinski definition) is 2. The van der Waals surface area contributed by atoms with E-state index in [-0.39, 0.29) is 5.69 Å². The highest BCUT2D eigenvalue weighted by atomic mass is 16.4. The standard InChI is InChI=1S/C12H12N2O3/c1-7(11(13)15)14-9-5-3-2-4-8(9)6-10(14)12(16)17/h2-7H,1H3,(H2,13,15)(H,16,17). The summed E-state index contributed by atoms with van der Waals surface area (Å²) in [6, 6.07) is 8.01. The third-order valence-corrected chi connectivity index (χ3v) is 2.77. The second-order valence-electron chi connectivity index (χ2n) is 3.84. The smallest absolute Gasteiger partial charge is 0.352 e. The monoisotopic (exact) mass is 232 g/mol. The topological polar surface area (TPSA) is 85.3 Å². The Morgan fingerprint density at radius 3 is 2.59 bits per heavy atom. The Morgan fingerprint density at radius 1 is 1.35 bits per heavy atom. The Balaban J connectivity index is 2.76. The molecule has 1 amide bonds. The SMILES string of the molecule is CC(C(N)=O)n1c(C(=O)O)cc2ccccc21. The molecule has 0 spiro atoms. The summed E-state index contributed by atoms with van der Waals surface area (Å²) in [4.78, 5) is 22.4. The zero-order valence-electron chi connectivity index (χ0n) is 9.25. The fourth-order valence-corrected chi connectivity index (χ4v) is 1.88. The van der Waals surface area contributed by atoms with Crippen molar-refractivity contribution in [3.05, 3.63) is 36.0 Å². The van der Waals surface area contributed by atoms with Gasteiger partial charge in [0.15, 0.2) is 0 Å². The third-order valence-electron chi connectivity index (χ3n) is 2.77. The van der Waals surface area contributed by atoms with Gasteiger partial charge in [-0.2, -0.15) is 0 Å². The zero-order chi connectivity index (χ0) is 12.6. The van der Waals surface area contributed by atoms with Gasteiger partial charge < -0.3 is 15.4 Å². The van der Waals surface area contributed by atoms with Gasteiger partial charge in [-0.15, -0.1) is 0 Å². The number of nitrogens with two attached hydrogens (primary N) is 1. The predicted octanol–water partition coefficient (Wildman–Crippen LogP) is 1.39. The molecule has 0 saturated carbocycles. The highest BCUT2D eigenvalue weighted by molar-refractivity contribution is 5.96. The van der Waals surface area contributed by atoms with E-state index in [2.05, 4.69) is 0 Å². The molecule has 1 atom stereocenters. The maximum atomic E-state index is 11.2. The van der Waals surface area contributed by atoms with E-state index in [1.165, 1.54) is 10.6 Å². The molecule has 1 aromatic carbocycles. The van der Waals surface area contributed by atoms with Gasteiger partial charge in [0.05, 0.1) is 0 Å². The molecule has 17 heavy (non-hydrogen) atoms. The largest absolute Gasteiger partial charge is 0.477 e. The van der Waals surface area contributed by atoms with Crippen LogP contribution < -0.4 is 5.73 Å². The van der Waals surface area contributed by atoms with Gasteiger partial charge in [0, 0.05) is 10.9 Å². The Kier molecular flexibility index (Phi) is 2.59. The van der Waals surface area contributed by atoms with Crippen LogP contribution in [-0.2, 0) is 4.79 Å². The summed E-state index contributed by atoms with van der Waals surface area (Å²) in [5.74, 6) is -1.64. The number of carboxylic acid groups (broad SMARTS) is 1. The molecule has 0 radical (unpaired) electrons. The summed E-state index contributed by atoms with van der Waals surface area (Å²) in [7, 11) is 0. The number of carbonyl (C=O) groups is 2. The molecule has 5 nitrogen and oxygen atoms in total. The van der Waals surface area contributed by atoms with Gasteiger partial charge in [-0.05, 0) is 19.1 Å². The number of aromatic carboxylic acids is 1. The van der Waals surface area contributed by atoms with E-state index in [0.717, 1.165) is 5.39 Å². The summed E-state index contributed by atoms with van der Waals surface area (Å²) >= 11 is 0. The molecule has 0 saturated heterocycles. The van der Waals surface area contributed by atoms with Crippen LogP contribution in [0.15, 0.2) is 30.3 Å². The molecule has 88 valence electrons. The summed E-state index contributed by atoms with van der Waals surface area (Å²) in [6.07, 6.45) is 0. The number of carbonyl (C=O) groups excluding carboxylic acids is 1. The molecule has 2 rings (SSSR count). The fourth-order valence-electron chi connectivity index (χ4n) is 1.88. The van der Waals surface area contributed by atoms with Crippen LogP contribution in [0.4, 0.5) is 0 Å². The molecule has 0 bridgehead atoms. The number of carboxylic acids is 1. The van der Waals surface area contributed by atoms with Crippen molar-refractivity contribution in [2.45, 2.75) is 13.0 Å². The van der Waals surface area contributed by atoms with Crippen LogP contribution >= 0.6 is 0 Å². The van der Waals surface area contributed by atoms with Crippen molar-refractivity contribution in [2.24, 2.45) is 5.73 Å². The lowest BCUT2D eigenvalue weighted by atomic mass is 10.2. The van der Waals surface area contributed by atoms with Gasteiger partial charge in [-0.3, -0.25) is 4.79 Å². The highest BCUT2D eigenvalue weighted by Gasteiger charge is 2.21. The number of nitrogens with zero attached hydrogens (tertiary/aromatic N) is 1. The van der Waals surface area contributed by atoms with Gasteiger partial charge in [-0.25, -0.2) is 4.79 Å². The van der Waals surface area contributed by atoms with Crippen LogP contribution in [0.25, 0.3) is 10.9 Å². The number of amides is 1. The minimum atomic E-state index is -1.07. The maximum Gasteiger partial charge on any atom is 0.352 e. The van der Waals surface area contributed by atoms with Gasteiger partial charge in [0.2, 0.25) is 5.91 Å². The van der Waals surface area contributed by atoms with E-state index >= 15 is 0 Å². The minimum Gasteiger partial charge on any atom is -0.477 e. The van der Waals surface area contributed by atoms with Gasteiger partial charge >= 0.3 is 5.97 Å². The maximum absolute atomic E-state index is 11.2. The van der Waals surface area contributed by atoms with Gasteiger partial charge in [0.25, 0.3) is 0 Å². The van der Waals surface area contributed by atoms with E-state index in [4.69, 9.17) is 10.8 Å². The molecule has 1 heterocycles. The molecule has 5 heteroatoms. The van der Waals surface area contributed by atoms with Crippen LogP contribution in [0, 0.1) is 0 Å². The van der Waals surface area contributed by atoms with Crippen LogP contribution in [0.3, 0.4) is 0 Å². The van der Waals surface area contributed by atoms with Crippen molar-refractivity contribution in [1.29, 1.82) is 0 Å². The first-order chi connectivity index (χ1) is 8.02. The zero-order valence-corrected chi connectivity index (χ0v) is 9.25. The number of hydrogen-bond acceptors (Lipinski definition) is 2. The Labute approximate surface area is 97.4 Å². The second-order valence-corrected chi connectivity index (χ2v) is 3.84. The van der Waals surface area contributed by atoms with E-state index in [9.17, 15) is 9.59 Å². The summed E-state index contributed by atoms with van der Waals surface area (Å²) in [5, 5.41) is 9.90. The second kappa shape index (κ2) is 3.93. The number of benzene rings is 1. The molecule has 0 aliphatic heterocycles. The number of rotatable bonds is 3. The molecule has 0 fully saturated rings. The van der Waals surface area contributed by atoms with Gasteiger partial charge in [-0.1, -0.05) is 18.2 Å². The molecular formula is C12H12N2O3. The number of fused-ring (bicyclic) bond motifs is 1. The Morgan fingerprint density at radius 2 is 2.00 bits per heavy atom. The third kappa shape index (κ3) is 1.75. The highest BCUT2D eigenvalue weighted by Crippen LogP contribution is 2.24. The lowest BCUT2D eigenvalue weighted by Gasteiger charge is -2.13. The fraction of sp³-hybridized carbons (Fsp3) is 0.167. The first-order valence-corrected chi connectivity index (χ1v) is 5.15. The van der Waals surface area contributed by atoms with E-state index in [1.807, 2.05) is 6.07 Å². The van der Waals surface area contributed by atoms with Gasteiger partial charge in [0.1, 0.15) is 11.7 Å². The van der Waals surface area contributed by atoms with Crippen molar-refractivity contribution in [3.63, 3.8) is 0 Å². The number of para-hydroxylation sites is 1. The van der Waals surface area contributed by atoms with Crippen LogP contribution in [0.5, 0.6) is 0 Å². The van der Waals surface area contributed by atoms with E-state index < -0.39 is 17.9 Å².